The van der Waals surface area contributed by atoms with Crippen LogP contribution in [0.4, 0.5) is 0 Å². The molecule has 4 rings (SSSR count). The monoisotopic (exact) mass is 401 g/mol. The first kappa shape index (κ1) is 19.9. The van der Waals surface area contributed by atoms with E-state index in [1.165, 1.54) is 5.56 Å². The average molecular weight is 402 g/mol. The number of aromatic amines is 1. The Morgan fingerprint density at radius 1 is 0.967 bits per heavy atom. The summed E-state index contributed by atoms with van der Waals surface area (Å²) in [6.07, 6.45) is 2.70. The van der Waals surface area contributed by atoms with E-state index in [9.17, 15) is 0 Å². The van der Waals surface area contributed by atoms with Gasteiger partial charge >= 0.3 is 0 Å². The van der Waals surface area contributed by atoms with Gasteiger partial charge in [0.25, 0.3) is 0 Å². The van der Waals surface area contributed by atoms with E-state index in [1.807, 2.05) is 18.2 Å². The second-order valence-corrected chi connectivity index (χ2v) is 8.43. The lowest BCUT2D eigenvalue weighted by atomic mass is 9.97. The number of nitrogens with zero attached hydrogens (tertiary/aromatic N) is 6. The van der Waals surface area contributed by atoms with Crippen molar-refractivity contribution >= 4 is 0 Å². The van der Waals surface area contributed by atoms with Gasteiger partial charge in [-0.1, -0.05) is 55.5 Å². The molecule has 0 saturated carbocycles. The lowest BCUT2D eigenvalue weighted by molar-refractivity contribution is 0.341. The van der Waals surface area contributed by atoms with Crippen LogP contribution < -0.4 is 0 Å². The molecular weight excluding hydrogens is 374 g/mol. The zero-order valence-corrected chi connectivity index (χ0v) is 17.9. The number of benzene rings is 2. The van der Waals surface area contributed by atoms with Gasteiger partial charge in [0.15, 0.2) is 5.82 Å². The van der Waals surface area contributed by atoms with E-state index >= 15 is 0 Å². The van der Waals surface area contributed by atoms with E-state index < -0.39 is 0 Å². The zero-order chi connectivity index (χ0) is 21.1. The third-order valence-electron chi connectivity index (χ3n) is 4.97. The maximum absolute atomic E-state index is 4.82. The number of hydrogen-bond donors (Lipinski definition) is 1. The molecule has 0 fully saturated rings. The number of aryl methyl sites for hydroxylation is 1. The van der Waals surface area contributed by atoms with E-state index in [0.717, 1.165) is 47.6 Å². The summed E-state index contributed by atoms with van der Waals surface area (Å²) < 4.78 is 2.07. The first-order valence-corrected chi connectivity index (χ1v) is 10.3. The highest BCUT2D eigenvalue weighted by Crippen LogP contribution is 2.30. The predicted octanol–water partition coefficient (Wildman–Crippen LogP) is 4.42. The molecule has 30 heavy (non-hydrogen) atoms. The van der Waals surface area contributed by atoms with Crippen molar-refractivity contribution in [3.63, 3.8) is 0 Å². The van der Waals surface area contributed by atoms with Gasteiger partial charge in [0, 0.05) is 18.4 Å². The van der Waals surface area contributed by atoms with E-state index in [0.29, 0.717) is 5.82 Å². The Labute approximate surface area is 176 Å². The Hall–Kier alpha value is -3.35. The van der Waals surface area contributed by atoms with Gasteiger partial charge in [-0.2, -0.15) is 10.3 Å². The van der Waals surface area contributed by atoms with Crippen molar-refractivity contribution in [1.29, 1.82) is 0 Å². The van der Waals surface area contributed by atoms with Crippen LogP contribution in [-0.2, 0) is 18.4 Å². The molecule has 0 aliphatic heterocycles. The molecule has 2 heterocycles. The van der Waals surface area contributed by atoms with Gasteiger partial charge in [-0.05, 0) is 49.1 Å². The van der Waals surface area contributed by atoms with Crippen molar-refractivity contribution in [2.75, 3.05) is 0 Å². The summed E-state index contributed by atoms with van der Waals surface area (Å²) in [6.45, 7) is 8.65. The third kappa shape index (κ3) is 4.15. The molecule has 2 aromatic carbocycles. The minimum atomic E-state index is -0.0994. The molecule has 0 radical (unpaired) electrons. The van der Waals surface area contributed by atoms with E-state index in [4.69, 9.17) is 10.1 Å². The van der Waals surface area contributed by atoms with Crippen LogP contribution in [0.1, 0.15) is 51.3 Å². The Balaban J connectivity index is 1.62. The summed E-state index contributed by atoms with van der Waals surface area (Å²) >= 11 is 0. The van der Waals surface area contributed by atoms with Crippen molar-refractivity contribution < 1.29 is 0 Å². The molecule has 4 aromatic rings. The van der Waals surface area contributed by atoms with Crippen molar-refractivity contribution in [3.8, 4) is 22.5 Å². The van der Waals surface area contributed by atoms with Crippen molar-refractivity contribution in [1.82, 2.24) is 35.4 Å². The van der Waals surface area contributed by atoms with E-state index in [-0.39, 0.29) is 5.54 Å². The van der Waals surface area contributed by atoms with Crippen LogP contribution in [0.25, 0.3) is 22.5 Å². The third-order valence-corrected chi connectivity index (χ3v) is 4.97. The topological polar surface area (TPSA) is 85.2 Å². The molecular formula is C23H27N7. The van der Waals surface area contributed by atoms with E-state index in [2.05, 4.69) is 83.3 Å². The maximum Gasteiger partial charge on any atom is 0.205 e. The maximum atomic E-state index is 4.82. The quantitative estimate of drug-likeness (QED) is 0.517. The zero-order valence-electron chi connectivity index (χ0n) is 17.9. The van der Waals surface area contributed by atoms with Crippen LogP contribution in [0.5, 0.6) is 0 Å². The lowest BCUT2D eigenvalue weighted by Crippen LogP contribution is -2.25. The molecule has 0 atom stereocenters. The van der Waals surface area contributed by atoms with Crippen LogP contribution >= 0.6 is 0 Å². The first-order chi connectivity index (χ1) is 14.5. The fourth-order valence-corrected chi connectivity index (χ4v) is 3.56. The average Bonchev–Trinajstić information content (AvgIpc) is 3.39. The van der Waals surface area contributed by atoms with Crippen LogP contribution in [0, 0.1) is 0 Å². The molecule has 0 saturated heterocycles. The largest absolute Gasteiger partial charge is 0.244 e. The van der Waals surface area contributed by atoms with Crippen molar-refractivity contribution in [2.24, 2.45) is 0 Å². The number of rotatable bonds is 6. The van der Waals surface area contributed by atoms with Crippen LogP contribution in [0.2, 0.25) is 0 Å². The van der Waals surface area contributed by atoms with E-state index in [1.54, 1.807) is 0 Å². The molecule has 0 amide bonds. The van der Waals surface area contributed by atoms with Crippen LogP contribution in [0.15, 0.2) is 48.5 Å². The second kappa shape index (κ2) is 8.18. The van der Waals surface area contributed by atoms with Gasteiger partial charge in [0.05, 0.1) is 5.54 Å². The van der Waals surface area contributed by atoms with Gasteiger partial charge in [-0.25, -0.2) is 9.67 Å². The molecule has 0 spiro atoms. The van der Waals surface area contributed by atoms with Gasteiger partial charge in [0.1, 0.15) is 5.82 Å². The molecule has 7 heteroatoms. The lowest BCUT2D eigenvalue weighted by Gasteiger charge is -2.21. The summed E-state index contributed by atoms with van der Waals surface area (Å²) in [6, 6.07) is 16.7. The Bertz CT molecular complexity index is 1100. The predicted molar refractivity (Wildman–Crippen MR) is 117 cm³/mol. The smallest absolute Gasteiger partial charge is 0.205 e. The summed E-state index contributed by atoms with van der Waals surface area (Å²) in [5.41, 5.74) is 4.25. The SMILES string of the molecule is CCCc1nc(Cc2ccc(-c3ccccc3-c3nn[nH]n3)cc2)n(C(C)(C)C)n1. The standard InChI is InChI=1S/C23H27N7/c1-5-8-20-24-21(30(27-20)23(2,3)4)15-16-11-13-17(14-12-16)18-9-6-7-10-19(18)22-25-28-29-26-22/h6-7,9-14H,5,8,15H2,1-4H3,(H,25,26,28,29). The van der Waals surface area contributed by atoms with Gasteiger partial charge in [0.2, 0.25) is 5.82 Å². The number of H-pyrrole nitrogens is 1. The molecule has 0 bridgehead atoms. The molecule has 2 aromatic heterocycles. The molecule has 7 nitrogen and oxygen atoms in total. The molecule has 0 unspecified atom stereocenters. The summed E-state index contributed by atoms with van der Waals surface area (Å²) in [4.78, 5) is 4.82. The molecule has 1 N–H and O–H groups in total. The first-order valence-electron chi connectivity index (χ1n) is 10.3. The minimum absolute atomic E-state index is 0.0994. The highest BCUT2D eigenvalue weighted by atomic mass is 15.5. The fraction of sp³-hybridized carbons (Fsp3) is 0.348. The highest BCUT2D eigenvalue weighted by Gasteiger charge is 2.21. The van der Waals surface area contributed by atoms with Crippen molar-refractivity contribution in [2.45, 2.75) is 52.5 Å². The van der Waals surface area contributed by atoms with Crippen LogP contribution in [-0.4, -0.2) is 35.4 Å². The summed E-state index contributed by atoms with van der Waals surface area (Å²) in [7, 11) is 0. The second-order valence-electron chi connectivity index (χ2n) is 8.43. The molecule has 154 valence electrons. The Morgan fingerprint density at radius 3 is 2.33 bits per heavy atom. The Kier molecular flexibility index (Phi) is 5.44. The normalized spacial score (nSPS) is 11.7. The van der Waals surface area contributed by atoms with Gasteiger partial charge < -0.3 is 0 Å². The number of aromatic nitrogens is 7. The van der Waals surface area contributed by atoms with Gasteiger partial charge in [-0.3, -0.25) is 0 Å². The number of hydrogen-bond acceptors (Lipinski definition) is 5. The summed E-state index contributed by atoms with van der Waals surface area (Å²) in [5, 5.41) is 19.2. The summed E-state index contributed by atoms with van der Waals surface area (Å²) in [5.74, 6) is 2.52. The van der Waals surface area contributed by atoms with Crippen molar-refractivity contribution in [3.05, 3.63) is 65.7 Å². The minimum Gasteiger partial charge on any atom is -0.244 e. The highest BCUT2D eigenvalue weighted by molar-refractivity contribution is 5.80. The fourth-order valence-electron chi connectivity index (χ4n) is 3.56. The Morgan fingerprint density at radius 2 is 1.70 bits per heavy atom. The van der Waals surface area contributed by atoms with Crippen LogP contribution in [0.3, 0.4) is 0 Å². The number of nitrogens with one attached hydrogen (secondary N) is 1. The molecule has 0 aliphatic carbocycles. The molecule has 0 aliphatic rings. The van der Waals surface area contributed by atoms with Gasteiger partial charge in [-0.15, -0.1) is 10.2 Å². The number of tetrazole rings is 1.